The van der Waals surface area contributed by atoms with E-state index in [1.54, 1.807) is 0 Å². The van der Waals surface area contributed by atoms with Gasteiger partial charge >= 0.3 is 0 Å². The summed E-state index contributed by atoms with van der Waals surface area (Å²) in [5.74, 6) is 1.66. The van der Waals surface area contributed by atoms with Crippen LogP contribution in [0.1, 0.15) is 0 Å². The van der Waals surface area contributed by atoms with Crippen molar-refractivity contribution in [3.05, 3.63) is 237 Å². The monoisotopic (exact) mass is 881 g/mol. The van der Waals surface area contributed by atoms with E-state index in [0.717, 1.165) is 99.2 Å². The fourth-order valence-electron chi connectivity index (χ4n) is 10.3. The minimum Gasteiger partial charge on any atom is -0.452 e. The molecular formula is C63H39N5O. The van der Waals surface area contributed by atoms with Crippen LogP contribution in [0.15, 0.2) is 241 Å². The average Bonchev–Trinajstić information content (AvgIpc) is 4.10. The summed E-state index contributed by atoms with van der Waals surface area (Å²) in [7, 11) is 0. The standard InChI is InChI=1S/C63H39N5O/c1-4-15-40(16-5-1)43-27-29-45(30-28-43)61-64-62(47-22-14-21-46(39-47)42-19-8-3-9-20-42)66-63(65-61)68-56-26-13-11-24-50(56)52-36-38-54-53-37-35-51-49-23-10-12-25-55(49)67(57(51)59(53)69-60(54)58(52)68)48-33-31-44(32-34-48)41-17-6-2-7-18-41/h1-39H. The highest BCUT2D eigenvalue weighted by molar-refractivity contribution is 6.26. The molecule has 4 aromatic heterocycles. The minimum atomic E-state index is 0.504. The predicted octanol–water partition coefficient (Wildman–Crippen LogP) is 16.3. The summed E-state index contributed by atoms with van der Waals surface area (Å²) in [6.07, 6.45) is 0. The quantitative estimate of drug-likeness (QED) is 0.160. The lowest BCUT2D eigenvalue weighted by Gasteiger charge is -2.12. The molecule has 322 valence electrons. The summed E-state index contributed by atoms with van der Waals surface area (Å²) in [5, 5.41) is 6.47. The molecule has 0 aliphatic rings. The first kappa shape index (κ1) is 38.8. The molecule has 0 fully saturated rings. The van der Waals surface area contributed by atoms with Gasteiger partial charge in [-0.3, -0.25) is 4.57 Å². The van der Waals surface area contributed by atoms with E-state index in [0.29, 0.717) is 17.6 Å². The molecule has 0 saturated carbocycles. The van der Waals surface area contributed by atoms with E-state index in [2.05, 4.69) is 234 Å². The smallest absolute Gasteiger partial charge is 0.238 e. The van der Waals surface area contributed by atoms with Crippen LogP contribution in [0, 0.1) is 0 Å². The third kappa shape index (κ3) is 6.30. The fraction of sp³-hybridized carbons (Fsp3) is 0. The molecule has 69 heavy (non-hydrogen) atoms. The van der Waals surface area contributed by atoms with E-state index in [1.807, 2.05) is 12.1 Å². The van der Waals surface area contributed by atoms with Crippen molar-refractivity contribution in [1.29, 1.82) is 0 Å². The lowest BCUT2D eigenvalue weighted by atomic mass is 10.0. The molecule has 0 aliphatic heterocycles. The summed E-state index contributed by atoms with van der Waals surface area (Å²) >= 11 is 0. The van der Waals surface area contributed by atoms with Crippen molar-refractivity contribution in [1.82, 2.24) is 24.1 Å². The van der Waals surface area contributed by atoms with Crippen LogP contribution in [0.25, 0.3) is 133 Å². The molecule has 0 saturated heterocycles. The molecule has 0 bridgehead atoms. The number of hydrogen-bond donors (Lipinski definition) is 0. The maximum absolute atomic E-state index is 7.39. The topological polar surface area (TPSA) is 61.7 Å². The SMILES string of the molecule is c1ccc(-c2ccc(-c3nc(-c4cccc(-c5ccccc5)c4)nc(-n4c5ccccc5c5ccc6c7ccc8c9ccccc9n(-c9ccc(-c%10ccccc%10)cc9)c8c7oc6c54)n3)cc2)cc1. The van der Waals surface area contributed by atoms with Crippen molar-refractivity contribution in [3.63, 3.8) is 0 Å². The molecule has 4 heterocycles. The Hall–Kier alpha value is -9.39. The van der Waals surface area contributed by atoms with Gasteiger partial charge in [0.25, 0.3) is 0 Å². The lowest BCUT2D eigenvalue weighted by molar-refractivity contribution is 0.673. The predicted molar refractivity (Wildman–Crippen MR) is 283 cm³/mol. The molecular weight excluding hydrogens is 843 g/mol. The molecule has 0 N–H and O–H groups in total. The summed E-state index contributed by atoms with van der Waals surface area (Å²) < 4.78 is 11.9. The molecule has 6 heteroatoms. The second-order valence-electron chi connectivity index (χ2n) is 17.6. The van der Waals surface area contributed by atoms with Crippen LogP contribution in [0.5, 0.6) is 0 Å². The van der Waals surface area contributed by atoms with E-state index in [-0.39, 0.29) is 0 Å². The Bertz CT molecular complexity index is 4270. The van der Waals surface area contributed by atoms with Crippen LogP contribution in [0.4, 0.5) is 0 Å². The van der Waals surface area contributed by atoms with Crippen molar-refractivity contribution in [3.8, 4) is 67.8 Å². The Balaban J connectivity index is 1.02. The van der Waals surface area contributed by atoms with Crippen molar-refractivity contribution in [2.45, 2.75) is 0 Å². The van der Waals surface area contributed by atoms with Crippen molar-refractivity contribution >= 4 is 65.6 Å². The van der Waals surface area contributed by atoms with Crippen LogP contribution in [0.2, 0.25) is 0 Å². The highest BCUT2D eigenvalue weighted by atomic mass is 16.3. The maximum atomic E-state index is 7.39. The molecule has 6 nitrogen and oxygen atoms in total. The first-order chi connectivity index (χ1) is 34.2. The van der Waals surface area contributed by atoms with E-state index in [1.165, 1.54) is 16.5 Å². The van der Waals surface area contributed by atoms with Gasteiger partial charge in [0, 0.05) is 49.1 Å². The summed E-state index contributed by atoms with van der Waals surface area (Å²) in [5.41, 5.74) is 15.3. The second-order valence-corrected chi connectivity index (χ2v) is 17.6. The number of benzene rings is 10. The number of nitrogens with zero attached hydrogens (tertiary/aromatic N) is 5. The van der Waals surface area contributed by atoms with Gasteiger partial charge in [-0.2, -0.15) is 9.97 Å². The molecule has 0 unspecified atom stereocenters. The van der Waals surface area contributed by atoms with Crippen molar-refractivity contribution < 1.29 is 4.42 Å². The van der Waals surface area contributed by atoms with Crippen molar-refractivity contribution in [2.75, 3.05) is 0 Å². The maximum Gasteiger partial charge on any atom is 0.238 e. The Labute approximate surface area is 396 Å². The van der Waals surface area contributed by atoms with Gasteiger partial charge in [-0.25, -0.2) is 4.98 Å². The first-order valence-corrected chi connectivity index (χ1v) is 23.3. The van der Waals surface area contributed by atoms with Gasteiger partial charge in [0.15, 0.2) is 22.8 Å². The second kappa shape index (κ2) is 15.6. The van der Waals surface area contributed by atoms with Crippen LogP contribution in [-0.2, 0) is 0 Å². The largest absolute Gasteiger partial charge is 0.452 e. The third-order valence-electron chi connectivity index (χ3n) is 13.6. The third-order valence-corrected chi connectivity index (χ3v) is 13.6. The molecule has 0 aliphatic carbocycles. The minimum absolute atomic E-state index is 0.504. The van der Waals surface area contributed by atoms with Crippen LogP contribution < -0.4 is 0 Å². The van der Waals surface area contributed by atoms with Gasteiger partial charge in [-0.15, -0.1) is 0 Å². The first-order valence-electron chi connectivity index (χ1n) is 23.3. The number of aromatic nitrogens is 5. The molecule has 14 aromatic rings. The zero-order valence-electron chi connectivity index (χ0n) is 37.2. The highest BCUT2D eigenvalue weighted by Crippen LogP contribution is 2.44. The Morgan fingerprint density at radius 1 is 0.275 bits per heavy atom. The van der Waals surface area contributed by atoms with E-state index in [4.69, 9.17) is 19.4 Å². The molecule has 0 atom stereocenters. The van der Waals surface area contributed by atoms with Gasteiger partial charge in [0.1, 0.15) is 5.52 Å². The average molecular weight is 882 g/mol. The summed E-state index contributed by atoms with van der Waals surface area (Å²) in [6, 6.07) is 83.2. The molecule has 0 amide bonds. The Morgan fingerprint density at radius 3 is 1.26 bits per heavy atom. The normalized spacial score (nSPS) is 11.8. The number of fused-ring (bicyclic) bond motifs is 11. The summed E-state index contributed by atoms with van der Waals surface area (Å²) in [4.78, 5) is 16.0. The van der Waals surface area contributed by atoms with E-state index < -0.39 is 0 Å². The van der Waals surface area contributed by atoms with Gasteiger partial charge in [-0.05, 0) is 75.8 Å². The van der Waals surface area contributed by atoms with Crippen LogP contribution >= 0.6 is 0 Å². The zero-order chi connectivity index (χ0) is 45.4. The van der Waals surface area contributed by atoms with Gasteiger partial charge in [-0.1, -0.05) is 194 Å². The zero-order valence-corrected chi connectivity index (χ0v) is 37.2. The number of para-hydroxylation sites is 2. The van der Waals surface area contributed by atoms with Gasteiger partial charge in [0.05, 0.1) is 16.6 Å². The number of rotatable bonds is 7. The highest BCUT2D eigenvalue weighted by Gasteiger charge is 2.25. The molecule has 14 rings (SSSR count). The Morgan fingerprint density at radius 2 is 0.681 bits per heavy atom. The molecule has 0 radical (unpaired) electrons. The van der Waals surface area contributed by atoms with Gasteiger partial charge in [0.2, 0.25) is 5.95 Å². The van der Waals surface area contributed by atoms with E-state index in [9.17, 15) is 0 Å². The van der Waals surface area contributed by atoms with Crippen LogP contribution in [-0.4, -0.2) is 24.1 Å². The fourth-order valence-corrected chi connectivity index (χ4v) is 10.3. The lowest BCUT2D eigenvalue weighted by Crippen LogP contribution is -2.06. The van der Waals surface area contributed by atoms with E-state index >= 15 is 0 Å². The van der Waals surface area contributed by atoms with Crippen molar-refractivity contribution in [2.24, 2.45) is 0 Å². The molecule has 0 spiro atoms. The summed E-state index contributed by atoms with van der Waals surface area (Å²) in [6.45, 7) is 0. The Kier molecular flexibility index (Phi) is 8.79. The molecule has 10 aromatic carbocycles. The van der Waals surface area contributed by atoms with Gasteiger partial charge < -0.3 is 8.98 Å². The van der Waals surface area contributed by atoms with Crippen LogP contribution in [0.3, 0.4) is 0 Å². The number of hydrogen-bond acceptors (Lipinski definition) is 4. The number of furan rings is 1.